The van der Waals surface area contributed by atoms with Gasteiger partial charge in [0.25, 0.3) is 11.8 Å². The zero-order chi connectivity index (χ0) is 16.8. The Bertz CT molecular complexity index is 690. The number of aryl methyl sites for hydroxylation is 2. The van der Waals surface area contributed by atoms with Gasteiger partial charge in [0.05, 0.1) is 4.88 Å². The van der Waals surface area contributed by atoms with E-state index in [0.717, 1.165) is 24.1 Å². The predicted octanol–water partition coefficient (Wildman–Crippen LogP) is 3.87. The van der Waals surface area contributed by atoms with E-state index in [9.17, 15) is 9.59 Å². The van der Waals surface area contributed by atoms with Crippen LogP contribution in [-0.4, -0.2) is 18.9 Å². The molecule has 122 valence electrons. The third kappa shape index (κ3) is 4.20. The second kappa shape index (κ2) is 7.92. The fraction of sp³-hybridized carbons (Fsp3) is 0.333. The van der Waals surface area contributed by atoms with Crippen molar-refractivity contribution in [2.24, 2.45) is 0 Å². The second-order valence-electron chi connectivity index (χ2n) is 5.27. The standard InChI is InChI=1S/C18H22N2O2S/c1-4-6-15-12(5-2)11-16(23-15)18(22)20-14-9-7-13(8-10-14)17(21)19-3/h7-11H,4-6H2,1-3H3,(H,19,21)(H,20,22). The van der Waals surface area contributed by atoms with E-state index in [0.29, 0.717) is 11.3 Å². The number of hydrogen-bond acceptors (Lipinski definition) is 3. The van der Waals surface area contributed by atoms with Gasteiger partial charge >= 0.3 is 0 Å². The van der Waals surface area contributed by atoms with Crippen LogP contribution in [0.4, 0.5) is 5.69 Å². The first-order valence-corrected chi connectivity index (χ1v) is 8.65. The monoisotopic (exact) mass is 330 g/mol. The van der Waals surface area contributed by atoms with Gasteiger partial charge in [-0.3, -0.25) is 9.59 Å². The second-order valence-corrected chi connectivity index (χ2v) is 6.41. The number of carbonyl (C=O) groups is 2. The SMILES string of the molecule is CCCc1sc(C(=O)Nc2ccc(C(=O)NC)cc2)cc1CC. The minimum atomic E-state index is -0.141. The molecule has 0 radical (unpaired) electrons. The van der Waals surface area contributed by atoms with Gasteiger partial charge in [-0.05, 0) is 48.7 Å². The number of amides is 2. The molecule has 1 heterocycles. The summed E-state index contributed by atoms with van der Waals surface area (Å²) in [7, 11) is 1.59. The summed E-state index contributed by atoms with van der Waals surface area (Å²) < 4.78 is 0. The Morgan fingerprint density at radius 1 is 1.09 bits per heavy atom. The summed E-state index contributed by atoms with van der Waals surface area (Å²) in [5, 5.41) is 5.46. The Hall–Kier alpha value is -2.14. The molecule has 0 bridgehead atoms. The van der Waals surface area contributed by atoms with E-state index >= 15 is 0 Å². The van der Waals surface area contributed by atoms with Crippen LogP contribution in [0.25, 0.3) is 0 Å². The van der Waals surface area contributed by atoms with E-state index in [1.54, 1.807) is 42.6 Å². The van der Waals surface area contributed by atoms with Gasteiger partial charge in [-0.15, -0.1) is 11.3 Å². The molecule has 0 aliphatic heterocycles. The molecule has 0 aliphatic rings. The Labute approximate surface area is 140 Å². The van der Waals surface area contributed by atoms with E-state index in [2.05, 4.69) is 24.5 Å². The quantitative estimate of drug-likeness (QED) is 0.844. The molecule has 2 rings (SSSR count). The molecule has 5 heteroatoms. The van der Waals surface area contributed by atoms with Crippen LogP contribution in [0.1, 0.15) is 50.7 Å². The smallest absolute Gasteiger partial charge is 0.265 e. The number of benzene rings is 1. The Balaban J connectivity index is 2.11. The van der Waals surface area contributed by atoms with Gasteiger partial charge in [0.2, 0.25) is 0 Å². The molecule has 2 amide bonds. The third-order valence-electron chi connectivity index (χ3n) is 3.61. The average molecular weight is 330 g/mol. The van der Waals surface area contributed by atoms with Crippen LogP contribution < -0.4 is 10.6 Å². The lowest BCUT2D eigenvalue weighted by molar-refractivity contribution is 0.0962. The van der Waals surface area contributed by atoms with E-state index in [-0.39, 0.29) is 11.8 Å². The molecule has 0 aliphatic carbocycles. The van der Waals surface area contributed by atoms with Gasteiger partial charge in [0.1, 0.15) is 0 Å². The number of hydrogen-bond donors (Lipinski definition) is 2. The van der Waals surface area contributed by atoms with Crippen LogP contribution in [0.15, 0.2) is 30.3 Å². The molecule has 0 fully saturated rings. The number of rotatable bonds is 6. The minimum absolute atomic E-state index is 0.0975. The molecular formula is C18H22N2O2S. The largest absolute Gasteiger partial charge is 0.355 e. The van der Waals surface area contributed by atoms with Crippen molar-refractivity contribution < 1.29 is 9.59 Å². The summed E-state index contributed by atoms with van der Waals surface area (Å²) in [5.74, 6) is -0.238. The van der Waals surface area contributed by atoms with Crippen LogP contribution in [-0.2, 0) is 12.8 Å². The highest BCUT2D eigenvalue weighted by Gasteiger charge is 2.14. The maximum absolute atomic E-state index is 12.4. The van der Waals surface area contributed by atoms with Gasteiger partial charge in [-0.25, -0.2) is 0 Å². The maximum atomic E-state index is 12.4. The van der Waals surface area contributed by atoms with Gasteiger partial charge < -0.3 is 10.6 Å². The van der Waals surface area contributed by atoms with Crippen molar-refractivity contribution in [3.8, 4) is 0 Å². The summed E-state index contributed by atoms with van der Waals surface area (Å²) in [6.45, 7) is 4.26. The molecule has 0 saturated heterocycles. The summed E-state index contributed by atoms with van der Waals surface area (Å²) in [6, 6.07) is 8.86. The van der Waals surface area contributed by atoms with Crippen molar-refractivity contribution in [2.45, 2.75) is 33.1 Å². The van der Waals surface area contributed by atoms with Crippen molar-refractivity contribution >= 4 is 28.8 Å². The number of anilines is 1. The van der Waals surface area contributed by atoms with E-state index in [4.69, 9.17) is 0 Å². The normalized spacial score (nSPS) is 10.4. The topological polar surface area (TPSA) is 58.2 Å². The average Bonchev–Trinajstić information content (AvgIpc) is 2.98. The highest BCUT2D eigenvalue weighted by molar-refractivity contribution is 7.14. The van der Waals surface area contributed by atoms with Crippen LogP contribution in [0.2, 0.25) is 0 Å². The fourth-order valence-electron chi connectivity index (χ4n) is 2.36. The first-order valence-electron chi connectivity index (χ1n) is 7.84. The molecule has 1 aromatic heterocycles. The van der Waals surface area contributed by atoms with Crippen LogP contribution >= 0.6 is 11.3 Å². The van der Waals surface area contributed by atoms with Gasteiger partial charge in [-0.1, -0.05) is 20.3 Å². The van der Waals surface area contributed by atoms with Crippen molar-refractivity contribution in [2.75, 3.05) is 12.4 Å². The van der Waals surface area contributed by atoms with Crippen LogP contribution in [0.3, 0.4) is 0 Å². The van der Waals surface area contributed by atoms with Crippen molar-refractivity contribution in [1.82, 2.24) is 5.32 Å². The molecule has 0 atom stereocenters. The van der Waals surface area contributed by atoms with E-state index < -0.39 is 0 Å². The maximum Gasteiger partial charge on any atom is 0.265 e. The number of thiophene rings is 1. The summed E-state index contributed by atoms with van der Waals surface area (Å²) >= 11 is 1.57. The molecule has 2 N–H and O–H groups in total. The Kier molecular flexibility index (Phi) is 5.93. The van der Waals surface area contributed by atoms with E-state index in [1.165, 1.54) is 10.4 Å². The molecule has 0 unspecified atom stereocenters. The molecule has 23 heavy (non-hydrogen) atoms. The molecule has 0 spiro atoms. The van der Waals surface area contributed by atoms with Gasteiger partial charge in [0.15, 0.2) is 0 Å². The van der Waals surface area contributed by atoms with Crippen LogP contribution in [0.5, 0.6) is 0 Å². The Morgan fingerprint density at radius 2 is 1.78 bits per heavy atom. The lowest BCUT2D eigenvalue weighted by Crippen LogP contribution is -2.17. The molecule has 1 aromatic carbocycles. The van der Waals surface area contributed by atoms with Crippen LogP contribution in [0, 0.1) is 0 Å². The highest BCUT2D eigenvalue weighted by atomic mass is 32.1. The zero-order valence-electron chi connectivity index (χ0n) is 13.7. The summed E-state index contributed by atoms with van der Waals surface area (Å²) in [4.78, 5) is 25.9. The molecule has 0 saturated carbocycles. The first kappa shape index (κ1) is 17.2. The predicted molar refractivity (Wildman–Crippen MR) is 95.5 cm³/mol. The summed E-state index contributed by atoms with van der Waals surface area (Å²) in [5.41, 5.74) is 2.52. The molecular weight excluding hydrogens is 308 g/mol. The van der Waals surface area contributed by atoms with Crippen molar-refractivity contribution in [1.29, 1.82) is 0 Å². The zero-order valence-corrected chi connectivity index (χ0v) is 14.5. The van der Waals surface area contributed by atoms with Crippen molar-refractivity contribution in [3.05, 3.63) is 51.2 Å². The molecule has 2 aromatic rings. The highest BCUT2D eigenvalue weighted by Crippen LogP contribution is 2.25. The summed E-state index contributed by atoms with van der Waals surface area (Å²) in [6.07, 6.45) is 3.04. The van der Waals surface area contributed by atoms with Gasteiger partial charge in [0, 0.05) is 23.2 Å². The number of carbonyl (C=O) groups excluding carboxylic acids is 2. The van der Waals surface area contributed by atoms with E-state index in [1.807, 2.05) is 6.07 Å². The lowest BCUT2D eigenvalue weighted by Gasteiger charge is -2.05. The molecule has 4 nitrogen and oxygen atoms in total. The Morgan fingerprint density at radius 3 is 2.35 bits per heavy atom. The third-order valence-corrected chi connectivity index (χ3v) is 4.85. The lowest BCUT2D eigenvalue weighted by atomic mass is 10.1. The van der Waals surface area contributed by atoms with Crippen molar-refractivity contribution in [3.63, 3.8) is 0 Å². The minimum Gasteiger partial charge on any atom is -0.355 e. The number of nitrogens with one attached hydrogen (secondary N) is 2. The fourth-order valence-corrected chi connectivity index (χ4v) is 3.61. The van der Waals surface area contributed by atoms with Gasteiger partial charge in [-0.2, -0.15) is 0 Å². The first-order chi connectivity index (χ1) is 11.1.